The average Bonchev–Trinajstić information content (AvgIpc) is 1.81. The van der Waals surface area contributed by atoms with Crippen molar-refractivity contribution in [3.8, 4) is 45.9 Å². The van der Waals surface area contributed by atoms with E-state index in [9.17, 15) is 34.6 Å². The number of amides is 1. The maximum absolute atomic E-state index is 12.0. The Hall–Kier alpha value is -13.2. The van der Waals surface area contributed by atoms with Crippen LogP contribution in [0.2, 0.25) is 5.28 Å². The fourth-order valence-electron chi connectivity index (χ4n) is 13.7. The first-order valence-electron chi connectivity index (χ1n) is 41.1. The topological polar surface area (TPSA) is 578 Å². The molecule has 1 amide bonds. The third-order valence-electron chi connectivity index (χ3n) is 20.1. The number of aryl methyl sites for hydroxylation is 3. The van der Waals surface area contributed by atoms with Gasteiger partial charge in [-0.25, -0.2) is 39.5 Å². The highest BCUT2D eigenvalue weighted by Gasteiger charge is 2.27. The van der Waals surface area contributed by atoms with E-state index in [0.29, 0.717) is 54.0 Å². The van der Waals surface area contributed by atoms with Crippen molar-refractivity contribution in [3.63, 3.8) is 0 Å². The smallest absolute Gasteiger partial charge is 0.335 e. The number of aromatic carboxylic acids is 2. The predicted octanol–water partition coefficient (Wildman–Crippen LogP) is 13.1. The predicted molar refractivity (Wildman–Crippen MR) is 481 cm³/mol. The van der Waals surface area contributed by atoms with Gasteiger partial charge in [-0.15, -0.1) is 12.4 Å². The molecule has 5 saturated heterocycles. The summed E-state index contributed by atoms with van der Waals surface area (Å²) < 4.78 is 34.9. The lowest BCUT2D eigenvalue weighted by Gasteiger charge is -2.27. The lowest BCUT2D eigenvalue weighted by Crippen LogP contribution is -2.26. The summed E-state index contributed by atoms with van der Waals surface area (Å²) in [7, 11) is 1.00. The van der Waals surface area contributed by atoms with Gasteiger partial charge in [-0.2, -0.15) is 36.0 Å². The van der Waals surface area contributed by atoms with Gasteiger partial charge in [-0.05, 0) is 184 Å². The van der Waals surface area contributed by atoms with E-state index in [-0.39, 0.29) is 95.8 Å². The lowest BCUT2D eigenvalue weighted by molar-refractivity contribution is -0.385. The summed E-state index contributed by atoms with van der Waals surface area (Å²) in [5, 5.41) is 102. The molecule has 0 saturated carbocycles. The van der Waals surface area contributed by atoms with Crippen LogP contribution in [-0.4, -0.2) is 217 Å². The van der Waals surface area contributed by atoms with Crippen molar-refractivity contribution in [3.05, 3.63) is 212 Å². The number of nitrogens with one attached hydrogen (secondary N) is 4. The van der Waals surface area contributed by atoms with Crippen LogP contribution in [0.5, 0.6) is 0 Å². The quantitative estimate of drug-likeness (QED) is 0.0175. The molecule has 0 bridgehead atoms. The van der Waals surface area contributed by atoms with E-state index in [1.165, 1.54) is 30.7 Å². The first kappa shape index (κ1) is 103. The molecular formula is C86H109Cl2N25O16. The number of halogens is 2. The van der Waals surface area contributed by atoms with Gasteiger partial charge in [0.05, 0.1) is 159 Å². The Morgan fingerprint density at radius 2 is 0.884 bits per heavy atom. The molecule has 41 nitrogen and oxygen atoms in total. The molecule has 3 aromatic carbocycles. The number of carbonyl (C=O) groups excluding carboxylic acids is 1. The van der Waals surface area contributed by atoms with E-state index >= 15 is 0 Å². The highest BCUT2D eigenvalue weighted by Crippen LogP contribution is 2.33. The number of carbonyl (C=O) groups is 3. The second kappa shape index (κ2) is 52.8. The van der Waals surface area contributed by atoms with Gasteiger partial charge in [0, 0.05) is 99.6 Å². The first-order valence-corrected chi connectivity index (χ1v) is 41.5. The number of nitro groups is 2. The molecule has 8 aromatic heterocycles. The van der Waals surface area contributed by atoms with Gasteiger partial charge >= 0.3 is 23.3 Å². The normalized spacial score (nSPS) is 19.3. The summed E-state index contributed by atoms with van der Waals surface area (Å²) in [5.41, 5.74) is 21.1. The second-order valence-corrected chi connectivity index (χ2v) is 30.4. The van der Waals surface area contributed by atoms with Crippen LogP contribution in [0.1, 0.15) is 171 Å². The summed E-state index contributed by atoms with van der Waals surface area (Å²) in [6.45, 7) is 19.8. The number of hydrogen-bond acceptors (Lipinski definition) is 31. The maximum Gasteiger partial charge on any atom is 0.335 e. The number of carboxylic acid groups (broad SMARTS) is 2. The van der Waals surface area contributed by atoms with Crippen molar-refractivity contribution in [2.45, 2.75) is 180 Å². The molecule has 688 valence electrons. The Labute approximate surface area is 755 Å². The monoisotopic (exact) mass is 1820 g/mol. The number of carboxylic acids is 2. The van der Waals surface area contributed by atoms with Crippen molar-refractivity contribution in [1.82, 2.24) is 84.5 Å². The summed E-state index contributed by atoms with van der Waals surface area (Å²) in [5.74, 6) is -1.24. The zero-order valence-electron chi connectivity index (χ0n) is 72.9. The maximum atomic E-state index is 12.0. The number of aliphatic hydroxyl groups excluding tert-OH is 2. The number of rotatable bonds is 17. The molecule has 10 atom stereocenters. The van der Waals surface area contributed by atoms with Gasteiger partial charge in [0.15, 0.2) is 0 Å². The summed E-state index contributed by atoms with van der Waals surface area (Å²) in [4.78, 5) is 79.2. The third kappa shape index (κ3) is 33.2. The molecule has 11 aromatic rings. The van der Waals surface area contributed by atoms with Crippen LogP contribution >= 0.6 is 24.0 Å². The van der Waals surface area contributed by atoms with Gasteiger partial charge in [0.2, 0.25) is 17.2 Å². The van der Waals surface area contributed by atoms with Crippen molar-refractivity contribution in [1.29, 1.82) is 10.5 Å². The van der Waals surface area contributed by atoms with Gasteiger partial charge in [0.25, 0.3) is 5.91 Å². The Morgan fingerprint density at radius 1 is 0.519 bits per heavy atom. The van der Waals surface area contributed by atoms with Crippen LogP contribution < -0.4 is 27.4 Å². The molecule has 13 heterocycles. The standard InChI is InChI=1S/C23H25N7O2.C21H23N5O3.C12H9ClN2O2.C9H13N3O3.C9H15N3O.C6H12O2.C3H3N3O2.C2H4N2.CH4O.ClH/c1-15-12-26-23(28-19-13-27-30(14-19)20-7-10-32-16(2)11-20)29-21(15)17-3-5-18(6-4-17)22(31)25-9-8-24;1-13-10-22-21(25-19(13)15-3-5-16(6-4-15)20(27)28)24-17-11-23-26(12-17)18-7-8-29-14(2)9-18;1-7-6-14-12(13)15-10(7)8-2-4-9(5-3-8)11(16)17;1-7-4-8(2-3-15-7)11-6-9(5-10-11)12(13)14;1-7-4-9(2-3-13-7)12-6-8(10)5-11-12;1-5-4-6(7)2-3-8-5;7-6(8)3-1-4-5-2-3;3-1-2-4;1-2;/h3-6,12-14,16,20H,7,9-11H2,1-2H3,(H,25,31)(H,26,28,29);3-6,10-12,14,18H,7-9H2,1-2H3,(H,27,28)(H,22,24,25);2-6H,1H3,(H,16,17);5-8H,2-4H2,1H3;5-7,9H,2-4,10H2,1H3;5-7H,2-4H2,1H3;1-2H,(H,4,5);1,3H2;2H,1H3;1H. The molecule has 16 rings (SSSR count). The number of benzene rings is 3. The second-order valence-electron chi connectivity index (χ2n) is 30.0. The third-order valence-corrected chi connectivity index (χ3v) is 20.3. The number of aliphatic hydroxyl groups is 2. The SMILES string of the molecule is CC1CC(O)CCO1.CC1CC(n2cc(N)cn2)CCO1.CC1CC(n2cc([N+](=O)[O-])cn2)CCO1.CO.Cc1cnc(Cl)nc1-c1ccc(C(=O)O)cc1.Cc1cnc(Nc2cnn(C3CCOC(C)C3)c2)nc1-c1ccc(C(=O)NCC#N)cc1.Cc1cnc(Nc2cnn(C3CCOC(C)C3)c2)nc1-c1ccc(C(=O)O)cc1.Cl.N#CCN.O=[N+]([O-])c1cn[nH]c1. The van der Waals surface area contributed by atoms with Gasteiger partial charge in [0.1, 0.15) is 25.1 Å². The van der Waals surface area contributed by atoms with Crippen molar-refractivity contribution in [2.24, 2.45) is 5.73 Å². The number of nitrogen functional groups attached to an aromatic ring is 1. The first-order chi connectivity index (χ1) is 61.5. The minimum atomic E-state index is -0.950. The molecule has 5 aliphatic rings. The number of nitrogens with two attached hydrogens (primary N) is 2. The summed E-state index contributed by atoms with van der Waals surface area (Å²) in [6.07, 6.45) is 31.7. The number of aromatic nitrogens is 16. The van der Waals surface area contributed by atoms with E-state index in [1.807, 2.05) is 85.5 Å². The fourth-order valence-corrected chi connectivity index (χ4v) is 13.8. The molecule has 0 spiro atoms. The summed E-state index contributed by atoms with van der Waals surface area (Å²) >= 11 is 5.73. The number of nitriles is 2. The van der Waals surface area contributed by atoms with Gasteiger partial charge < -0.3 is 71.5 Å². The highest BCUT2D eigenvalue weighted by molar-refractivity contribution is 6.28. The van der Waals surface area contributed by atoms with E-state index in [2.05, 4.69) is 103 Å². The molecule has 0 aliphatic carbocycles. The molecular weight excluding hydrogens is 1710 g/mol. The molecule has 5 aliphatic heterocycles. The molecule has 5 fully saturated rings. The number of nitrogens with zero attached hydrogens (tertiary/aromatic N) is 19. The fraction of sp³-hybridized carbons (Fsp3) is 0.419. The van der Waals surface area contributed by atoms with Crippen molar-refractivity contribution in [2.75, 3.05) is 69.6 Å². The average molecular weight is 1820 g/mol. The molecule has 0 radical (unpaired) electrons. The largest absolute Gasteiger partial charge is 0.478 e. The zero-order valence-corrected chi connectivity index (χ0v) is 74.4. The lowest BCUT2D eigenvalue weighted by atomic mass is 10.1. The van der Waals surface area contributed by atoms with Crippen molar-refractivity contribution >= 4 is 82.2 Å². The van der Waals surface area contributed by atoms with Crippen LogP contribution in [0.25, 0.3) is 33.8 Å². The van der Waals surface area contributed by atoms with Crippen LogP contribution in [0, 0.1) is 63.7 Å². The molecule has 12 N–H and O–H groups in total. The Bertz CT molecular complexity index is 5390. The van der Waals surface area contributed by atoms with Crippen LogP contribution in [-0.2, 0) is 23.7 Å². The zero-order chi connectivity index (χ0) is 92.8. The minimum absolute atomic E-state index is 0. The van der Waals surface area contributed by atoms with E-state index in [0.717, 1.165) is 166 Å². The Kier molecular flexibility index (Phi) is 42.1. The highest BCUT2D eigenvalue weighted by atomic mass is 35.5. The van der Waals surface area contributed by atoms with Gasteiger partial charge in [-0.3, -0.25) is 48.8 Å². The van der Waals surface area contributed by atoms with E-state index in [4.69, 9.17) is 72.0 Å². The Balaban J connectivity index is 0.000000214. The number of H-pyrrole nitrogens is 1. The number of hydrogen-bond donors (Lipinski definition) is 10. The van der Waals surface area contributed by atoms with Crippen LogP contribution in [0.4, 0.5) is 40.3 Å². The Morgan fingerprint density at radius 3 is 1.21 bits per heavy atom. The van der Waals surface area contributed by atoms with E-state index in [1.54, 1.807) is 96.5 Å². The van der Waals surface area contributed by atoms with Gasteiger partial charge in [-0.1, -0.05) is 36.4 Å². The van der Waals surface area contributed by atoms with Crippen LogP contribution in [0.3, 0.4) is 0 Å². The molecule has 129 heavy (non-hydrogen) atoms. The number of ether oxygens (including phenoxy) is 5. The molecule has 43 heteroatoms. The number of aromatic amines is 1. The number of anilines is 5. The summed E-state index contributed by atoms with van der Waals surface area (Å²) in [6, 6.07) is 25.2. The van der Waals surface area contributed by atoms with E-state index < -0.39 is 21.8 Å². The molecule has 10 unspecified atom stereocenters. The van der Waals surface area contributed by atoms with Crippen LogP contribution in [0.15, 0.2) is 153 Å². The minimum Gasteiger partial charge on any atom is -0.478 e. The van der Waals surface area contributed by atoms with Crippen molar-refractivity contribution < 1.29 is 68.3 Å².